The highest BCUT2D eigenvalue weighted by molar-refractivity contribution is 7.71. The van der Waals surface area contributed by atoms with Crippen LogP contribution in [0.3, 0.4) is 0 Å². The summed E-state index contributed by atoms with van der Waals surface area (Å²) < 4.78 is 45.1. The Labute approximate surface area is 174 Å². The molecule has 166 valence electrons. The predicted octanol–water partition coefficient (Wildman–Crippen LogP) is 5.49. The Hall–Kier alpha value is -1.64. The standard InChI is InChI=1S/C20H31F3N2O3S/c1-5-10-19(4,14(2)3)17(27)28-12-9-7-6-8-11-25-13-15(20(21,22)23)16(26)24-18(25)29/h13-14H,5-12H2,1-4H3,(H,24,26,29). The molecule has 5 nitrogen and oxygen atoms in total. The van der Waals surface area contributed by atoms with E-state index in [9.17, 15) is 22.8 Å². The number of halogens is 3. The van der Waals surface area contributed by atoms with Gasteiger partial charge in [-0.05, 0) is 50.7 Å². The summed E-state index contributed by atoms with van der Waals surface area (Å²) in [5.74, 6) is 0.0204. The molecule has 0 saturated heterocycles. The smallest absolute Gasteiger partial charge is 0.423 e. The molecule has 1 aromatic rings. The summed E-state index contributed by atoms with van der Waals surface area (Å²) in [5, 5.41) is 0. The Morgan fingerprint density at radius 3 is 2.41 bits per heavy atom. The van der Waals surface area contributed by atoms with Gasteiger partial charge in [0.25, 0.3) is 5.56 Å². The monoisotopic (exact) mass is 436 g/mol. The molecular weight excluding hydrogens is 405 g/mol. The molecule has 1 atom stereocenters. The molecule has 0 aromatic carbocycles. The Morgan fingerprint density at radius 1 is 1.24 bits per heavy atom. The zero-order valence-corrected chi connectivity index (χ0v) is 18.3. The SMILES string of the molecule is CCCC(C)(C(=O)OCCCCCCn1cc(C(F)(F)F)c(=O)[nH]c1=S)C(C)C. The van der Waals surface area contributed by atoms with Crippen molar-refractivity contribution in [1.29, 1.82) is 0 Å². The first kappa shape index (κ1) is 25.4. The second-order valence-corrected chi connectivity index (χ2v) is 8.25. The van der Waals surface area contributed by atoms with Crippen LogP contribution in [-0.2, 0) is 22.3 Å². The highest BCUT2D eigenvalue weighted by Crippen LogP contribution is 2.33. The summed E-state index contributed by atoms with van der Waals surface area (Å²) in [6.45, 7) is 8.63. The van der Waals surface area contributed by atoms with E-state index in [1.807, 2.05) is 27.7 Å². The number of nitrogens with one attached hydrogen (secondary N) is 1. The number of aromatic amines is 1. The van der Waals surface area contributed by atoms with Crippen LogP contribution in [0.25, 0.3) is 0 Å². The molecular formula is C20H31F3N2O3S. The number of aromatic nitrogens is 2. The van der Waals surface area contributed by atoms with Crippen LogP contribution in [0, 0.1) is 16.1 Å². The van der Waals surface area contributed by atoms with Crippen LogP contribution in [0.5, 0.6) is 0 Å². The fourth-order valence-corrected chi connectivity index (χ4v) is 3.33. The van der Waals surface area contributed by atoms with Crippen molar-refractivity contribution in [2.75, 3.05) is 6.61 Å². The summed E-state index contributed by atoms with van der Waals surface area (Å²) in [4.78, 5) is 25.9. The fourth-order valence-electron chi connectivity index (χ4n) is 3.09. The molecule has 0 bridgehead atoms. The Balaban J connectivity index is 2.43. The minimum Gasteiger partial charge on any atom is -0.465 e. The van der Waals surface area contributed by atoms with Gasteiger partial charge < -0.3 is 9.30 Å². The molecule has 1 rings (SSSR count). The van der Waals surface area contributed by atoms with E-state index in [0.717, 1.165) is 31.9 Å². The number of carbonyl (C=O) groups excluding carboxylic acids is 1. The fraction of sp³-hybridized carbons (Fsp3) is 0.750. The van der Waals surface area contributed by atoms with E-state index in [2.05, 4.69) is 4.98 Å². The molecule has 0 aliphatic rings. The Kier molecular flexibility index (Phi) is 9.58. The number of unbranched alkanes of at least 4 members (excludes halogenated alkanes) is 3. The maximum atomic E-state index is 12.8. The number of rotatable bonds is 11. The van der Waals surface area contributed by atoms with Crippen LogP contribution < -0.4 is 5.56 Å². The van der Waals surface area contributed by atoms with Crippen molar-refractivity contribution in [3.8, 4) is 0 Å². The number of hydrogen-bond acceptors (Lipinski definition) is 4. The van der Waals surface area contributed by atoms with E-state index >= 15 is 0 Å². The normalized spacial score (nSPS) is 14.1. The van der Waals surface area contributed by atoms with Crippen LogP contribution in [0.1, 0.15) is 71.8 Å². The highest BCUT2D eigenvalue weighted by atomic mass is 32.1. The van der Waals surface area contributed by atoms with Gasteiger partial charge in [-0.3, -0.25) is 14.6 Å². The van der Waals surface area contributed by atoms with E-state index < -0.39 is 22.7 Å². The van der Waals surface area contributed by atoms with Crippen molar-refractivity contribution in [3.05, 3.63) is 26.9 Å². The first-order valence-corrected chi connectivity index (χ1v) is 10.4. The van der Waals surface area contributed by atoms with Gasteiger partial charge >= 0.3 is 12.1 Å². The zero-order valence-electron chi connectivity index (χ0n) is 17.5. The average molecular weight is 437 g/mol. The number of aryl methyl sites for hydroxylation is 1. The van der Waals surface area contributed by atoms with Gasteiger partial charge in [0.1, 0.15) is 5.56 Å². The van der Waals surface area contributed by atoms with Crippen molar-refractivity contribution in [2.45, 2.75) is 78.9 Å². The van der Waals surface area contributed by atoms with Crippen LogP contribution in [0.15, 0.2) is 11.0 Å². The molecule has 0 aliphatic heterocycles. The minimum absolute atomic E-state index is 0.0270. The summed E-state index contributed by atoms with van der Waals surface area (Å²) in [7, 11) is 0. The van der Waals surface area contributed by atoms with E-state index in [0.29, 0.717) is 19.4 Å². The number of esters is 1. The number of carbonyl (C=O) groups is 1. The predicted molar refractivity (Wildman–Crippen MR) is 108 cm³/mol. The van der Waals surface area contributed by atoms with Crippen molar-refractivity contribution in [2.24, 2.45) is 11.3 Å². The van der Waals surface area contributed by atoms with Gasteiger partial charge in [0.15, 0.2) is 4.77 Å². The van der Waals surface area contributed by atoms with Crippen molar-refractivity contribution < 1.29 is 22.7 Å². The van der Waals surface area contributed by atoms with Crippen LogP contribution in [0.2, 0.25) is 0 Å². The molecule has 1 aromatic heterocycles. The number of H-pyrrole nitrogens is 1. The number of ether oxygens (including phenoxy) is 1. The minimum atomic E-state index is -4.72. The molecule has 0 saturated carbocycles. The van der Waals surface area contributed by atoms with Crippen LogP contribution in [0.4, 0.5) is 13.2 Å². The lowest BCUT2D eigenvalue weighted by Crippen LogP contribution is -2.35. The van der Waals surface area contributed by atoms with E-state index in [4.69, 9.17) is 17.0 Å². The van der Waals surface area contributed by atoms with Gasteiger partial charge in [-0.1, -0.05) is 33.6 Å². The third-order valence-corrected chi connectivity index (χ3v) is 5.69. The maximum Gasteiger partial charge on any atom is 0.423 e. The van der Waals surface area contributed by atoms with Gasteiger partial charge in [0, 0.05) is 12.7 Å². The third-order valence-electron chi connectivity index (χ3n) is 5.35. The Morgan fingerprint density at radius 2 is 1.86 bits per heavy atom. The molecule has 0 spiro atoms. The van der Waals surface area contributed by atoms with E-state index in [1.54, 1.807) is 0 Å². The topological polar surface area (TPSA) is 64.1 Å². The van der Waals surface area contributed by atoms with E-state index in [1.165, 1.54) is 4.57 Å². The molecule has 0 aliphatic carbocycles. The van der Waals surface area contributed by atoms with Crippen molar-refractivity contribution in [1.82, 2.24) is 9.55 Å². The van der Waals surface area contributed by atoms with Gasteiger partial charge in [0.05, 0.1) is 12.0 Å². The summed E-state index contributed by atoms with van der Waals surface area (Å²) in [5.41, 5.74) is -2.96. The lowest BCUT2D eigenvalue weighted by molar-refractivity contribution is -0.158. The van der Waals surface area contributed by atoms with Gasteiger partial charge in [-0.15, -0.1) is 0 Å². The highest BCUT2D eigenvalue weighted by Gasteiger charge is 2.37. The number of nitrogens with zero attached hydrogens (tertiary/aromatic N) is 1. The molecule has 0 amide bonds. The van der Waals surface area contributed by atoms with Crippen LogP contribution in [-0.4, -0.2) is 22.1 Å². The lowest BCUT2D eigenvalue weighted by atomic mass is 9.75. The molecule has 1 N–H and O–H groups in total. The molecule has 0 radical (unpaired) electrons. The lowest BCUT2D eigenvalue weighted by Gasteiger charge is -2.31. The second-order valence-electron chi connectivity index (χ2n) is 7.87. The second kappa shape index (κ2) is 10.9. The third kappa shape index (κ3) is 7.28. The first-order chi connectivity index (χ1) is 13.4. The largest absolute Gasteiger partial charge is 0.465 e. The maximum absolute atomic E-state index is 12.8. The van der Waals surface area contributed by atoms with Gasteiger partial charge in [0.2, 0.25) is 0 Å². The number of alkyl halides is 3. The molecule has 0 fully saturated rings. The Bertz CT molecular complexity index is 786. The number of hydrogen-bond donors (Lipinski definition) is 1. The zero-order chi connectivity index (χ0) is 22.2. The van der Waals surface area contributed by atoms with E-state index in [-0.39, 0.29) is 23.2 Å². The molecule has 1 unspecified atom stereocenters. The molecule has 29 heavy (non-hydrogen) atoms. The van der Waals surface area contributed by atoms with Crippen molar-refractivity contribution in [3.63, 3.8) is 0 Å². The van der Waals surface area contributed by atoms with Gasteiger partial charge in [-0.2, -0.15) is 13.2 Å². The average Bonchev–Trinajstić information content (AvgIpc) is 2.60. The van der Waals surface area contributed by atoms with Gasteiger partial charge in [-0.25, -0.2) is 0 Å². The molecule has 9 heteroatoms. The summed E-state index contributed by atoms with van der Waals surface area (Å²) in [6.07, 6.45) is 0.560. The van der Waals surface area contributed by atoms with Crippen LogP contribution >= 0.6 is 12.2 Å². The quantitative estimate of drug-likeness (QED) is 0.283. The molecule has 1 heterocycles. The first-order valence-electron chi connectivity index (χ1n) is 10.0. The summed E-state index contributed by atoms with van der Waals surface area (Å²) >= 11 is 4.93. The van der Waals surface area contributed by atoms with Crippen molar-refractivity contribution >= 4 is 18.2 Å². The summed E-state index contributed by atoms with van der Waals surface area (Å²) in [6, 6.07) is 0.